The minimum absolute atomic E-state index is 0.0662. The summed E-state index contributed by atoms with van der Waals surface area (Å²) in [6, 6.07) is 14.9. The molecule has 35 heavy (non-hydrogen) atoms. The van der Waals surface area contributed by atoms with E-state index in [2.05, 4.69) is 0 Å². The second-order valence-corrected chi connectivity index (χ2v) is 9.26. The van der Waals surface area contributed by atoms with Crippen LogP contribution in [0.2, 0.25) is 0 Å². The average molecular weight is 476 g/mol. The molecule has 4 heterocycles. The first-order chi connectivity index (χ1) is 17.1. The Hall–Kier alpha value is -3.62. The molecule has 4 atom stereocenters. The van der Waals surface area contributed by atoms with Gasteiger partial charge in [-0.3, -0.25) is 0 Å². The van der Waals surface area contributed by atoms with Crippen LogP contribution in [-0.2, 0) is 9.47 Å². The first kappa shape index (κ1) is 20.7. The summed E-state index contributed by atoms with van der Waals surface area (Å²) >= 11 is 0. The lowest BCUT2D eigenvalue weighted by Gasteiger charge is -2.21. The van der Waals surface area contributed by atoms with Crippen molar-refractivity contribution in [3.63, 3.8) is 0 Å². The van der Waals surface area contributed by atoms with E-state index in [4.69, 9.17) is 33.2 Å². The van der Waals surface area contributed by atoms with Gasteiger partial charge >= 0.3 is 0 Å². The molecular formula is C27H24O8. The quantitative estimate of drug-likeness (QED) is 0.562. The molecule has 0 bridgehead atoms. The second kappa shape index (κ2) is 7.96. The number of aryl methyl sites for hydroxylation is 1. The maximum Gasteiger partial charge on any atom is 0.231 e. The number of benzene rings is 3. The van der Waals surface area contributed by atoms with Crippen LogP contribution in [0.25, 0.3) is 0 Å². The van der Waals surface area contributed by atoms with Crippen molar-refractivity contribution in [3.8, 4) is 40.2 Å². The van der Waals surface area contributed by atoms with Gasteiger partial charge in [-0.2, -0.15) is 0 Å². The third-order valence-electron chi connectivity index (χ3n) is 7.14. The fourth-order valence-corrected chi connectivity index (χ4v) is 5.37. The van der Waals surface area contributed by atoms with E-state index in [-0.39, 0.29) is 43.4 Å². The van der Waals surface area contributed by atoms with Crippen molar-refractivity contribution in [1.29, 1.82) is 0 Å². The third kappa shape index (κ3) is 3.44. The van der Waals surface area contributed by atoms with Crippen LogP contribution in [0.15, 0.2) is 48.5 Å². The molecule has 0 aliphatic carbocycles. The van der Waals surface area contributed by atoms with E-state index in [0.717, 1.165) is 28.2 Å². The van der Waals surface area contributed by atoms with Crippen molar-refractivity contribution in [2.45, 2.75) is 19.1 Å². The Balaban J connectivity index is 1.21. The highest BCUT2D eigenvalue weighted by molar-refractivity contribution is 5.55. The molecule has 2 fully saturated rings. The second-order valence-electron chi connectivity index (χ2n) is 9.26. The van der Waals surface area contributed by atoms with E-state index in [0.29, 0.717) is 36.2 Å². The van der Waals surface area contributed by atoms with Gasteiger partial charge in [0, 0.05) is 23.5 Å². The van der Waals surface area contributed by atoms with Crippen molar-refractivity contribution < 1.29 is 38.3 Å². The molecule has 0 saturated carbocycles. The van der Waals surface area contributed by atoms with Gasteiger partial charge in [0.25, 0.3) is 0 Å². The van der Waals surface area contributed by atoms with Crippen LogP contribution in [0.5, 0.6) is 40.2 Å². The summed E-state index contributed by atoms with van der Waals surface area (Å²) in [4.78, 5) is 0. The van der Waals surface area contributed by atoms with Gasteiger partial charge in [0.2, 0.25) is 13.6 Å². The molecule has 180 valence electrons. The van der Waals surface area contributed by atoms with E-state index in [1.807, 2.05) is 37.3 Å². The molecule has 2 saturated heterocycles. The largest absolute Gasteiger partial charge is 0.504 e. The summed E-state index contributed by atoms with van der Waals surface area (Å²) in [5.41, 5.74) is 2.88. The summed E-state index contributed by atoms with van der Waals surface area (Å²) in [5.74, 6) is 4.06. The molecule has 4 aliphatic heterocycles. The molecule has 7 rings (SSSR count). The molecular weight excluding hydrogens is 452 g/mol. The molecule has 0 spiro atoms. The minimum atomic E-state index is -0.254. The van der Waals surface area contributed by atoms with Crippen LogP contribution in [0.1, 0.15) is 28.9 Å². The lowest BCUT2D eigenvalue weighted by molar-refractivity contribution is 0.0186. The van der Waals surface area contributed by atoms with Crippen molar-refractivity contribution in [1.82, 2.24) is 0 Å². The number of hydrogen-bond donors (Lipinski definition) is 1. The van der Waals surface area contributed by atoms with Gasteiger partial charge in [0.1, 0.15) is 5.75 Å². The maximum atomic E-state index is 10.4. The topological polar surface area (TPSA) is 84.8 Å². The molecule has 3 aromatic rings. The van der Waals surface area contributed by atoms with Crippen LogP contribution in [0.4, 0.5) is 0 Å². The van der Waals surface area contributed by atoms with Gasteiger partial charge in [0.05, 0.1) is 25.4 Å². The van der Waals surface area contributed by atoms with Crippen LogP contribution in [0.3, 0.4) is 0 Å². The van der Waals surface area contributed by atoms with Crippen LogP contribution in [-0.4, -0.2) is 31.9 Å². The summed E-state index contributed by atoms with van der Waals surface area (Å²) < 4.78 is 41.1. The van der Waals surface area contributed by atoms with E-state index < -0.39 is 0 Å². The number of phenolic OH excluding ortho intramolecular Hbond substituents is 1. The standard InChI is InChI=1S/C27H24O8/c1-14-2-4-19(28)22(6-14)35-21-9-25-24(33-13-34-25)8-16(21)27-18-11-29-26(17(18)10-30-27)15-3-5-20-23(7-15)32-12-31-20/h2-9,17-18,26-28H,10-13H2,1H3/t17-,18-,26+,27+/m0/s1. The molecule has 3 aromatic carbocycles. The lowest BCUT2D eigenvalue weighted by atomic mass is 9.84. The molecule has 1 N–H and O–H groups in total. The molecule has 0 radical (unpaired) electrons. The van der Waals surface area contributed by atoms with E-state index in [1.54, 1.807) is 18.2 Å². The number of rotatable bonds is 4. The fraction of sp³-hybridized carbons (Fsp3) is 0.333. The van der Waals surface area contributed by atoms with E-state index >= 15 is 0 Å². The summed E-state index contributed by atoms with van der Waals surface area (Å²) in [5, 5.41) is 10.4. The summed E-state index contributed by atoms with van der Waals surface area (Å²) in [6.45, 7) is 3.45. The third-order valence-corrected chi connectivity index (χ3v) is 7.14. The maximum absolute atomic E-state index is 10.4. The molecule has 0 unspecified atom stereocenters. The van der Waals surface area contributed by atoms with Gasteiger partial charge in [-0.25, -0.2) is 0 Å². The number of ether oxygens (including phenoxy) is 7. The van der Waals surface area contributed by atoms with Crippen molar-refractivity contribution >= 4 is 0 Å². The normalized spacial score (nSPS) is 25.6. The zero-order valence-corrected chi connectivity index (χ0v) is 19.1. The van der Waals surface area contributed by atoms with Crippen LogP contribution < -0.4 is 23.7 Å². The Morgan fingerprint density at radius 1 is 0.714 bits per heavy atom. The monoisotopic (exact) mass is 476 g/mol. The molecule has 8 nitrogen and oxygen atoms in total. The molecule has 8 heteroatoms. The Labute approximate surface area is 201 Å². The minimum Gasteiger partial charge on any atom is -0.504 e. The Kier molecular flexibility index (Phi) is 4.72. The first-order valence-electron chi connectivity index (χ1n) is 11.7. The highest BCUT2D eigenvalue weighted by atomic mass is 16.7. The van der Waals surface area contributed by atoms with E-state index in [9.17, 15) is 5.11 Å². The van der Waals surface area contributed by atoms with Gasteiger partial charge in [-0.1, -0.05) is 12.1 Å². The van der Waals surface area contributed by atoms with Gasteiger partial charge in [-0.15, -0.1) is 0 Å². The SMILES string of the molecule is Cc1ccc(O)c(Oc2cc3c(cc2[C@H]2OC[C@H]4[C@@H]2CO[C@@H]4c2ccc4c(c2)OCO4)OCO3)c1. The van der Waals surface area contributed by atoms with Gasteiger partial charge < -0.3 is 38.3 Å². The fourth-order valence-electron chi connectivity index (χ4n) is 5.37. The van der Waals surface area contributed by atoms with E-state index in [1.165, 1.54) is 0 Å². The van der Waals surface area contributed by atoms with Gasteiger partial charge in [-0.05, 0) is 48.4 Å². The number of aromatic hydroxyl groups is 1. The number of phenols is 1. The molecule has 0 amide bonds. The van der Waals surface area contributed by atoms with Crippen LogP contribution >= 0.6 is 0 Å². The molecule has 0 aromatic heterocycles. The Bertz CT molecular complexity index is 1300. The number of hydrogen-bond acceptors (Lipinski definition) is 8. The zero-order valence-electron chi connectivity index (χ0n) is 19.1. The predicted octanol–water partition coefficient (Wildman–Crippen LogP) is 5.03. The Morgan fingerprint density at radius 3 is 2.23 bits per heavy atom. The Morgan fingerprint density at radius 2 is 1.40 bits per heavy atom. The van der Waals surface area contributed by atoms with Crippen molar-refractivity contribution in [2.75, 3.05) is 26.8 Å². The summed E-state index contributed by atoms with van der Waals surface area (Å²) in [6.07, 6.45) is -0.353. The van der Waals surface area contributed by atoms with Crippen molar-refractivity contribution in [3.05, 3.63) is 65.2 Å². The van der Waals surface area contributed by atoms with Crippen molar-refractivity contribution in [2.24, 2.45) is 11.8 Å². The van der Waals surface area contributed by atoms with Crippen LogP contribution in [0, 0.1) is 18.8 Å². The zero-order chi connectivity index (χ0) is 23.5. The first-order valence-corrected chi connectivity index (χ1v) is 11.7. The predicted molar refractivity (Wildman–Crippen MR) is 122 cm³/mol. The van der Waals surface area contributed by atoms with Gasteiger partial charge in [0.15, 0.2) is 34.5 Å². The highest BCUT2D eigenvalue weighted by Crippen LogP contribution is 2.54. The average Bonchev–Trinajstić information content (AvgIpc) is 3.64. The number of fused-ring (bicyclic) bond motifs is 3. The molecule has 4 aliphatic rings. The lowest BCUT2D eigenvalue weighted by Crippen LogP contribution is -2.15. The summed E-state index contributed by atoms with van der Waals surface area (Å²) in [7, 11) is 0. The smallest absolute Gasteiger partial charge is 0.231 e. The highest BCUT2D eigenvalue weighted by Gasteiger charge is 2.49.